The summed E-state index contributed by atoms with van der Waals surface area (Å²) in [5.74, 6) is 0.254. The molecule has 5 aromatic rings. The van der Waals surface area contributed by atoms with Crippen LogP contribution in [0.2, 0.25) is 0 Å². The summed E-state index contributed by atoms with van der Waals surface area (Å²) in [6, 6.07) is 18.7. The van der Waals surface area contributed by atoms with Gasteiger partial charge in [-0.15, -0.1) is 28.9 Å². The van der Waals surface area contributed by atoms with Crippen LogP contribution in [0.3, 0.4) is 0 Å². The predicted octanol–water partition coefficient (Wildman–Crippen LogP) is 11.8. The van der Waals surface area contributed by atoms with E-state index in [1.165, 1.54) is 23.3 Å². The number of aliphatic hydroxyl groups is 1. The number of aliphatic hydroxyl groups excluding tert-OH is 1. The molecular formula is C41H46FIrN2O2S-. The normalized spacial score (nSPS) is 11.9. The second-order valence-electron chi connectivity index (χ2n) is 13.5. The van der Waals surface area contributed by atoms with Crippen LogP contribution in [0.15, 0.2) is 60.5 Å². The number of carbonyl (C=O) groups is 1. The zero-order valence-corrected chi connectivity index (χ0v) is 32.5. The summed E-state index contributed by atoms with van der Waals surface area (Å²) in [5, 5.41) is 22.8. The summed E-state index contributed by atoms with van der Waals surface area (Å²) in [6.07, 6.45) is 7.48. The minimum Gasteiger partial charge on any atom is -0.512 e. The molecule has 1 radical (unpaired) electrons. The molecule has 0 saturated carbocycles. The third-order valence-electron chi connectivity index (χ3n) is 8.93. The Morgan fingerprint density at radius 1 is 1.02 bits per heavy atom. The molecule has 0 atom stereocenters. The number of pyridine rings is 1. The number of hydrogen-bond donors (Lipinski definition) is 1. The average molecular weight is 842 g/mol. The van der Waals surface area contributed by atoms with Crippen molar-refractivity contribution in [1.82, 2.24) is 4.98 Å². The van der Waals surface area contributed by atoms with Crippen LogP contribution in [-0.4, -0.2) is 15.9 Å². The average Bonchev–Trinajstić information content (AvgIpc) is 3.43. The summed E-state index contributed by atoms with van der Waals surface area (Å²) in [4.78, 5) is 16.3. The first kappa shape index (κ1) is 39.0. The van der Waals surface area contributed by atoms with E-state index in [4.69, 9.17) is 0 Å². The summed E-state index contributed by atoms with van der Waals surface area (Å²) in [6.45, 7) is 16.9. The van der Waals surface area contributed by atoms with Crippen molar-refractivity contribution in [3.8, 4) is 17.3 Å². The monoisotopic (exact) mass is 842 g/mol. The van der Waals surface area contributed by atoms with Gasteiger partial charge in [0.15, 0.2) is 5.78 Å². The Bertz CT molecular complexity index is 1970. The molecule has 3 aromatic carbocycles. The van der Waals surface area contributed by atoms with Crippen molar-refractivity contribution in [1.29, 1.82) is 5.26 Å². The molecular weight excluding hydrogens is 796 g/mol. The van der Waals surface area contributed by atoms with Crippen molar-refractivity contribution in [3.63, 3.8) is 0 Å². The fraction of sp³-hybridized carbons (Fsp3) is 0.390. The second-order valence-corrected chi connectivity index (χ2v) is 14.5. The standard InChI is InChI=1S/C28H22FN2S.C13H24O2.Ir/c1-16-18(13-28(2,3)4)9-10-22-24-20(14-30)15-31-25(27(24)32-26(16)22)19-11-17-7-5-6-8-21(17)23(29)12-19;1-5-10(6-2)12(14)9-13(15)11(7-3)8-4;/h5-10,12,15H,13H2,1-4H3;9-11,14H,5-8H2,1-4H3;/q-1;;/b;12-9-;. The van der Waals surface area contributed by atoms with Gasteiger partial charge in [0, 0.05) is 70.1 Å². The van der Waals surface area contributed by atoms with Crippen LogP contribution in [0, 0.1) is 47.4 Å². The quantitative estimate of drug-likeness (QED) is 0.0911. The zero-order chi connectivity index (χ0) is 34.5. The maximum Gasteiger partial charge on any atom is 0.162 e. The van der Waals surface area contributed by atoms with E-state index < -0.39 is 0 Å². The predicted molar refractivity (Wildman–Crippen MR) is 195 cm³/mol. The van der Waals surface area contributed by atoms with Gasteiger partial charge in [-0.25, -0.2) is 4.39 Å². The molecule has 255 valence electrons. The van der Waals surface area contributed by atoms with Gasteiger partial charge in [-0.1, -0.05) is 95.8 Å². The second kappa shape index (κ2) is 16.8. The Hall–Kier alpha value is -3.43. The largest absolute Gasteiger partial charge is 0.512 e. The number of nitrogens with zero attached hydrogens (tertiary/aromatic N) is 2. The molecule has 7 heteroatoms. The van der Waals surface area contributed by atoms with Gasteiger partial charge in [-0.2, -0.15) is 5.26 Å². The molecule has 0 saturated heterocycles. The minimum atomic E-state index is -0.293. The van der Waals surface area contributed by atoms with Crippen molar-refractivity contribution >= 4 is 48.1 Å². The summed E-state index contributed by atoms with van der Waals surface area (Å²) >= 11 is 1.63. The van der Waals surface area contributed by atoms with Gasteiger partial charge in [0.05, 0.1) is 17.1 Å². The molecule has 2 heterocycles. The molecule has 0 bridgehead atoms. The SMILES string of the molecule is CCC(CC)C(=O)/C=C(\O)C(CC)CC.Cc1c(CC(C)(C)C)ccc2c1sc1c(-c3[c-]c4ccccc4c(F)c3)ncc(C#N)c12.[Ir]. The number of benzene rings is 3. The van der Waals surface area contributed by atoms with Gasteiger partial charge in [0.25, 0.3) is 0 Å². The van der Waals surface area contributed by atoms with E-state index >= 15 is 0 Å². The van der Waals surface area contributed by atoms with Crippen molar-refractivity contribution in [2.75, 3.05) is 0 Å². The molecule has 0 aliphatic rings. The van der Waals surface area contributed by atoms with E-state index in [0.29, 0.717) is 27.6 Å². The molecule has 0 amide bonds. The molecule has 5 rings (SSSR count). The van der Waals surface area contributed by atoms with E-state index in [1.807, 2.05) is 45.9 Å². The number of carbonyl (C=O) groups excluding carboxylic acids is 1. The number of hydrogen-bond acceptors (Lipinski definition) is 5. The number of fused-ring (bicyclic) bond motifs is 4. The molecule has 0 unspecified atom stereocenters. The number of halogens is 1. The first-order chi connectivity index (χ1) is 22.4. The van der Waals surface area contributed by atoms with E-state index in [-0.39, 0.29) is 54.7 Å². The van der Waals surface area contributed by atoms with Gasteiger partial charge in [-0.3, -0.25) is 9.78 Å². The van der Waals surface area contributed by atoms with Crippen LogP contribution in [0.4, 0.5) is 4.39 Å². The fourth-order valence-electron chi connectivity index (χ4n) is 6.16. The number of rotatable bonds is 9. The molecule has 0 aliphatic heterocycles. The maximum absolute atomic E-state index is 14.9. The Kier molecular flexibility index (Phi) is 13.6. The molecule has 2 aromatic heterocycles. The molecule has 1 N–H and O–H groups in total. The summed E-state index contributed by atoms with van der Waals surface area (Å²) < 4.78 is 16.9. The number of ketones is 1. The van der Waals surface area contributed by atoms with E-state index in [2.05, 4.69) is 56.9 Å². The van der Waals surface area contributed by atoms with E-state index in [1.54, 1.807) is 23.6 Å². The third kappa shape index (κ3) is 8.58. The van der Waals surface area contributed by atoms with Crippen LogP contribution in [0.5, 0.6) is 0 Å². The minimum absolute atomic E-state index is 0. The Morgan fingerprint density at radius 3 is 2.27 bits per heavy atom. The van der Waals surface area contributed by atoms with Crippen molar-refractivity contribution < 1.29 is 34.4 Å². The Labute approximate surface area is 302 Å². The first-order valence-electron chi connectivity index (χ1n) is 16.7. The molecule has 0 aliphatic carbocycles. The van der Waals surface area contributed by atoms with Crippen molar-refractivity contribution in [2.45, 2.75) is 87.5 Å². The first-order valence-corrected chi connectivity index (χ1v) is 17.5. The van der Waals surface area contributed by atoms with Gasteiger partial charge in [0.1, 0.15) is 6.07 Å². The van der Waals surface area contributed by atoms with Gasteiger partial charge in [-0.05, 0) is 55.6 Å². The maximum atomic E-state index is 14.9. The summed E-state index contributed by atoms with van der Waals surface area (Å²) in [5.41, 5.74) is 4.54. The molecule has 0 fully saturated rings. The number of aromatic nitrogens is 1. The van der Waals surface area contributed by atoms with Crippen LogP contribution in [0.1, 0.15) is 90.8 Å². The molecule has 0 spiro atoms. The van der Waals surface area contributed by atoms with Crippen LogP contribution in [-0.2, 0) is 31.3 Å². The zero-order valence-electron chi connectivity index (χ0n) is 29.3. The Morgan fingerprint density at radius 2 is 1.67 bits per heavy atom. The van der Waals surface area contributed by atoms with E-state index in [9.17, 15) is 19.6 Å². The van der Waals surface area contributed by atoms with Gasteiger partial charge < -0.3 is 5.11 Å². The third-order valence-corrected chi connectivity index (χ3v) is 10.3. The number of nitriles is 1. The van der Waals surface area contributed by atoms with E-state index in [0.717, 1.165) is 52.3 Å². The number of thiophene rings is 1. The van der Waals surface area contributed by atoms with Crippen molar-refractivity contribution in [2.24, 2.45) is 17.3 Å². The molecule has 48 heavy (non-hydrogen) atoms. The number of aryl methyl sites for hydroxylation is 1. The van der Waals surface area contributed by atoms with Crippen LogP contribution in [0.25, 0.3) is 42.2 Å². The van der Waals surface area contributed by atoms with Gasteiger partial charge >= 0.3 is 0 Å². The number of allylic oxidation sites excluding steroid dienone is 2. The topological polar surface area (TPSA) is 74.0 Å². The Balaban J connectivity index is 0.000000334. The van der Waals surface area contributed by atoms with Crippen molar-refractivity contribution in [3.05, 3.63) is 89.1 Å². The van der Waals surface area contributed by atoms with Crippen LogP contribution < -0.4 is 0 Å². The summed E-state index contributed by atoms with van der Waals surface area (Å²) in [7, 11) is 0. The molecule has 4 nitrogen and oxygen atoms in total. The van der Waals surface area contributed by atoms with Gasteiger partial charge in [0.2, 0.25) is 0 Å². The smallest absolute Gasteiger partial charge is 0.162 e. The fourth-order valence-corrected chi connectivity index (χ4v) is 7.50. The van der Waals surface area contributed by atoms with Crippen LogP contribution >= 0.6 is 11.3 Å².